The Labute approximate surface area is 122 Å². The molecule has 1 fully saturated rings. The lowest BCUT2D eigenvalue weighted by Gasteiger charge is -2.21. The molecule has 1 heterocycles. The molecule has 0 aromatic heterocycles. The van der Waals surface area contributed by atoms with E-state index in [1.54, 1.807) is 13.2 Å². The first-order valence-corrected chi connectivity index (χ1v) is 6.99. The van der Waals surface area contributed by atoms with Gasteiger partial charge in [0.25, 0.3) is 0 Å². The lowest BCUT2D eigenvalue weighted by molar-refractivity contribution is -0.119. The van der Waals surface area contributed by atoms with Gasteiger partial charge < -0.3 is 15.0 Å². The minimum Gasteiger partial charge on any atom is -0.495 e. The van der Waals surface area contributed by atoms with Gasteiger partial charge in [-0.05, 0) is 24.6 Å². The van der Waals surface area contributed by atoms with Crippen LogP contribution in [0.25, 0.3) is 0 Å². The zero-order valence-electron chi connectivity index (χ0n) is 10.7. The predicted octanol–water partition coefficient (Wildman–Crippen LogP) is 2.28. The fourth-order valence-electron chi connectivity index (χ4n) is 2.27. The number of nitrogens with one attached hydrogen (secondary N) is 1. The Bertz CT molecular complexity index is 468. The summed E-state index contributed by atoms with van der Waals surface area (Å²) in [5.74, 6) is 0.650. The van der Waals surface area contributed by atoms with Crippen molar-refractivity contribution in [2.75, 3.05) is 31.0 Å². The van der Waals surface area contributed by atoms with Crippen molar-refractivity contribution in [1.29, 1.82) is 0 Å². The number of ether oxygens (including phenoxy) is 1. The Balaban J connectivity index is 2.08. The molecular weight excluding hydrogens is 287 g/mol. The molecule has 1 unspecified atom stereocenters. The number of hydrogen-bond donors (Lipinski definition) is 1. The normalized spacial score (nSPS) is 18.5. The number of amides is 1. The Kier molecular flexibility index (Phi) is 4.77. The molecule has 1 N–H and O–H groups in total. The highest BCUT2D eigenvalue weighted by Gasteiger charge is 2.25. The van der Waals surface area contributed by atoms with Crippen molar-refractivity contribution in [2.24, 2.45) is 0 Å². The maximum atomic E-state index is 11.3. The molecule has 1 aliphatic rings. The molecule has 1 amide bonds. The summed E-state index contributed by atoms with van der Waals surface area (Å²) in [7, 11) is 1.63. The van der Waals surface area contributed by atoms with Crippen molar-refractivity contribution < 1.29 is 9.53 Å². The Morgan fingerprint density at radius 2 is 2.37 bits per heavy atom. The number of nitrogens with zero attached hydrogens (tertiary/aromatic N) is 1. The number of carbonyl (C=O) groups is 1. The first kappa shape index (κ1) is 14.3. The third-order valence-electron chi connectivity index (χ3n) is 3.16. The van der Waals surface area contributed by atoms with Crippen molar-refractivity contribution in [3.63, 3.8) is 0 Å². The Morgan fingerprint density at radius 1 is 1.58 bits per heavy atom. The second-order valence-electron chi connectivity index (χ2n) is 4.45. The van der Waals surface area contributed by atoms with E-state index in [2.05, 4.69) is 10.2 Å². The van der Waals surface area contributed by atoms with Gasteiger partial charge >= 0.3 is 0 Å². The molecule has 0 spiro atoms. The third kappa shape index (κ3) is 3.45. The number of rotatable bonds is 4. The van der Waals surface area contributed by atoms with Crippen LogP contribution in [0.2, 0.25) is 5.02 Å². The maximum Gasteiger partial charge on any atom is 0.235 e. The molecule has 0 saturated carbocycles. The van der Waals surface area contributed by atoms with Crippen molar-refractivity contribution in [2.45, 2.75) is 12.5 Å². The highest BCUT2D eigenvalue weighted by molar-refractivity contribution is 6.31. The number of methoxy groups -OCH3 is 1. The van der Waals surface area contributed by atoms with E-state index in [4.69, 9.17) is 27.9 Å². The molecule has 0 radical (unpaired) electrons. The quantitative estimate of drug-likeness (QED) is 0.868. The molecule has 1 aliphatic heterocycles. The lowest BCUT2D eigenvalue weighted by atomic mass is 10.2. The summed E-state index contributed by atoms with van der Waals surface area (Å²) in [4.78, 5) is 13.4. The highest BCUT2D eigenvalue weighted by Crippen LogP contribution is 2.33. The fraction of sp³-hybridized carbons (Fsp3) is 0.462. The van der Waals surface area contributed by atoms with Crippen molar-refractivity contribution in [3.8, 4) is 5.75 Å². The summed E-state index contributed by atoms with van der Waals surface area (Å²) in [6.07, 6.45) is 0.887. The lowest BCUT2D eigenvalue weighted by Crippen LogP contribution is -2.37. The topological polar surface area (TPSA) is 41.6 Å². The standard InChI is InChI=1S/C13H16Cl2N2O2/c1-19-12-3-2-9(15)6-11(12)17-5-4-10(8-17)16-13(18)7-14/h2-3,6,10H,4-5,7-8H2,1H3,(H,16,18). The van der Waals surface area contributed by atoms with Gasteiger partial charge in [0.2, 0.25) is 5.91 Å². The molecule has 2 rings (SSSR count). The van der Waals surface area contributed by atoms with E-state index in [-0.39, 0.29) is 17.8 Å². The van der Waals surface area contributed by atoms with Gasteiger partial charge in [0.1, 0.15) is 11.6 Å². The van der Waals surface area contributed by atoms with E-state index in [9.17, 15) is 4.79 Å². The Morgan fingerprint density at radius 3 is 3.05 bits per heavy atom. The largest absolute Gasteiger partial charge is 0.495 e. The zero-order valence-corrected chi connectivity index (χ0v) is 12.2. The van der Waals surface area contributed by atoms with Crippen LogP contribution in [0, 0.1) is 0 Å². The molecule has 6 heteroatoms. The van der Waals surface area contributed by atoms with Crippen LogP contribution in [-0.2, 0) is 4.79 Å². The van der Waals surface area contributed by atoms with Crippen molar-refractivity contribution in [1.82, 2.24) is 5.32 Å². The molecule has 1 saturated heterocycles. The van der Waals surface area contributed by atoms with Crippen LogP contribution in [0.1, 0.15) is 6.42 Å². The Hall–Kier alpha value is -1.13. The minimum atomic E-state index is -0.133. The number of alkyl halides is 1. The fourth-order valence-corrected chi connectivity index (χ4v) is 2.52. The van der Waals surface area contributed by atoms with E-state index < -0.39 is 0 Å². The van der Waals surface area contributed by atoms with Gasteiger partial charge in [-0.25, -0.2) is 0 Å². The summed E-state index contributed by atoms with van der Waals surface area (Å²) in [6, 6.07) is 5.65. The van der Waals surface area contributed by atoms with Crippen LogP contribution in [0.4, 0.5) is 5.69 Å². The van der Waals surface area contributed by atoms with Gasteiger partial charge in [0, 0.05) is 24.2 Å². The van der Waals surface area contributed by atoms with E-state index in [1.807, 2.05) is 12.1 Å². The summed E-state index contributed by atoms with van der Waals surface area (Å²) < 4.78 is 5.34. The number of benzene rings is 1. The molecule has 4 nitrogen and oxygen atoms in total. The van der Waals surface area contributed by atoms with Crippen LogP contribution >= 0.6 is 23.2 Å². The van der Waals surface area contributed by atoms with Gasteiger partial charge in [0.15, 0.2) is 0 Å². The molecule has 104 valence electrons. The maximum absolute atomic E-state index is 11.3. The average molecular weight is 303 g/mol. The van der Waals surface area contributed by atoms with Crippen LogP contribution in [0.15, 0.2) is 18.2 Å². The van der Waals surface area contributed by atoms with Gasteiger partial charge in [-0.2, -0.15) is 0 Å². The summed E-state index contributed by atoms with van der Waals surface area (Å²) in [5.41, 5.74) is 0.956. The highest BCUT2D eigenvalue weighted by atomic mass is 35.5. The smallest absolute Gasteiger partial charge is 0.235 e. The number of halogens is 2. The van der Waals surface area contributed by atoms with Crippen LogP contribution < -0.4 is 15.0 Å². The van der Waals surface area contributed by atoms with Crippen LogP contribution in [-0.4, -0.2) is 38.0 Å². The monoisotopic (exact) mass is 302 g/mol. The van der Waals surface area contributed by atoms with E-state index in [0.29, 0.717) is 5.02 Å². The number of anilines is 1. The minimum absolute atomic E-state index is 0.00299. The second kappa shape index (κ2) is 6.35. The van der Waals surface area contributed by atoms with Gasteiger partial charge in [-0.15, -0.1) is 11.6 Å². The predicted molar refractivity (Wildman–Crippen MR) is 77.5 cm³/mol. The molecule has 0 bridgehead atoms. The van der Waals surface area contributed by atoms with Crippen LogP contribution in [0.5, 0.6) is 5.75 Å². The van der Waals surface area contributed by atoms with Gasteiger partial charge in [0.05, 0.1) is 12.8 Å². The van der Waals surface area contributed by atoms with Gasteiger partial charge in [-0.1, -0.05) is 11.6 Å². The molecule has 1 aromatic rings. The van der Waals surface area contributed by atoms with Crippen molar-refractivity contribution >= 4 is 34.8 Å². The SMILES string of the molecule is COc1ccc(Cl)cc1N1CCC(NC(=O)CCl)C1. The van der Waals surface area contributed by atoms with Crippen LogP contribution in [0.3, 0.4) is 0 Å². The first-order valence-electron chi connectivity index (χ1n) is 6.08. The summed E-state index contributed by atoms with van der Waals surface area (Å²) >= 11 is 11.5. The summed E-state index contributed by atoms with van der Waals surface area (Å²) in [5, 5.41) is 3.56. The van der Waals surface area contributed by atoms with E-state index in [1.165, 1.54) is 0 Å². The van der Waals surface area contributed by atoms with Gasteiger partial charge in [-0.3, -0.25) is 4.79 Å². The van der Waals surface area contributed by atoms with E-state index >= 15 is 0 Å². The molecule has 0 aliphatic carbocycles. The molecule has 19 heavy (non-hydrogen) atoms. The van der Waals surface area contributed by atoms with Crippen molar-refractivity contribution in [3.05, 3.63) is 23.2 Å². The first-order chi connectivity index (χ1) is 9.13. The third-order valence-corrected chi connectivity index (χ3v) is 3.63. The second-order valence-corrected chi connectivity index (χ2v) is 5.15. The number of hydrogen-bond acceptors (Lipinski definition) is 3. The summed E-state index contributed by atoms with van der Waals surface area (Å²) in [6.45, 7) is 1.59. The number of carbonyl (C=O) groups excluding carboxylic acids is 1. The molecule has 1 atom stereocenters. The molecule has 1 aromatic carbocycles. The zero-order chi connectivity index (χ0) is 13.8. The molecular formula is C13H16Cl2N2O2. The average Bonchev–Trinajstić information content (AvgIpc) is 2.86. The van der Waals surface area contributed by atoms with E-state index in [0.717, 1.165) is 30.9 Å².